The molecule has 0 fully saturated rings. The van der Waals surface area contributed by atoms with Crippen LogP contribution in [-0.4, -0.2) is 24.4 Å². The van der Waals surface area contributed by atoms with E-state index in [1.807, 2.05) is 26.1 Å². The summed E-state index contributed by atoms with van der Waals surface area (Å²) in [4.78, 5) is 14.8. The highest BCUT2D eigenvalue weighted by molar-refractivity contribution is 5.83. The number of nitrogens with one attached hydrogen (secondary N) is 1. The van der Waals surface area contributed by atoms with Gasteiger partial charge in [0.05, 0.1) is 12.6 Å². The quantitative estimate of drug-likeness (QED) is 0.721. The van der Waals surface area contributed by atoms with Crippen LogP contribution >= 0.6 is 0 Å². The molecule has 1 aliphatic carbocycles. The minimum Gasteiger partial charge on any atom is -0.348 e. The maximum atomic E-state index is 12.6. The molecule has 0 saturated heterocycles. The van der Waals surface area contributed by atoms with Crippen LogP contribution in [0.15, 0.2) is 66.7 Å². The summed E-state index contributed by atoms with van der Waals surface area (Å²) in [7, 11) is 2.05. The van der Waals surface area contributed by atoms with Crippen molar-refractivity contribution in [2.75, 3.05) is 13.6 Å². The number of nitrogens with zero attached hydrogens (tertiary/aromatic N) is 1. The van der Waals surface area contributed by atoms with Gasteiger partial charge in [-0.3, -0.25) is 9.69 Å². The molecule has 2 atom stereocenters. The van der Waals surface area contributed by atoms with Crippen molar-refractivity contribution in [3.05, 3.63) is 83.4 Å². The van der Waals surface area contributed by atoms with Gasteiger partial charge in [-0.05, 0) is 60.3 Å². The highest BCUT2D eigenvalue weighted by atomic mass is 16.2. The molecule has 2 unspecified atom stereocenters. The normalized spacial score (nSPS) is 17.1. The van der Waals surface area contributed by atoms with Crippen molar-refractivity contribution in [1.29, 1.82) is 0 Å². The van der Waals surface area contributed by atoms with Crippen LogP contribution < -0.4 is 5.32 Å². The standard InChI is InChI=1S/C24H26N2O/c1-17(20-12-11-18-7-3-4-9-21(18)15-20)25-24(27)16-26(2)23-14-13-19-8-5-6-10-22(19)23/h3-12,15,17,23H,13-14,16H2,1-2H3,(H,25,27). The number of carbonyl (C=O) groups is 1. The summed E-state index contributed by atoms with van der Waals surface area (Å²) in [6.45, 7) is 2.46. The van der Waals surface area contributed by atoms with E-state index in [2.05, 4.69) is 64.8 Å². The number of hydrogen-bond acceptors (Lipinski definition) is 2. The Labute approximate surface area is 161 Å². The van der Waals surface area contributed by atoms with Gasteiger partial charge in [-0.15, -0.1) is 0 Å². The highest BCUT2D eigenvalue weighted by Crippen LogP contribution is 2.34. The van der Waals surface area contributed by atoms with Gasteiger partial charge in [-0.25, -0.2) is 0 Å². The largest absolute Gasteiger partial charge is 0.348 e. The van der Waals surface area contributed by atoms with Crippen molar-refractivity contribution in [2.24, 2.45) is 0 Å². The fourth-order valence-electron chi connectivity index (χ4n) is 4.18. The smallest absolute Gasteiger partial charge is 0.234 e. The van der Waals surface area contributed by atoms with Crippen molar-refractivity contribution < 1.29 is 4.79 Å². The number of likely N-dealkylation sites (N-methyl/N-ethyl adjacent to an activating group) is 1. The zero-order valence-corrected chi connectivity index (χ0v) is 16.0. The Balaban J connectivity index is 1.40. The Morgan fingerprint density at radius 1 is 1.07 bits per heavy atom. The van der Waals surface area contributed by atoms with Crippen LogP contribution in [0.3, 0.4) is 0 Å². The molecule has 0 aromatic heterocycles. The lowest BCUT2D eigenvalue weighted by atomic mass is 10.0. The molecule has 3 aromatic rings. The SMILES string of the molecule is CC(NC(=O)CN(C)C1CCc2ccccc21)c1ccc2ccccc2c1. The molecule has 27 heavy (non-hydrogen) atoms. The van der Waals surface area contributed by atoms with E-state index in [4.69, 9.17) is 0 Å². The Bertz CT molecular complexity index is 965. The summed E-state index contributed by atoms with van der Waals surface area (Å²) in [5, 5.41) is 5.58. The van der Waals surface area contributed by atoms with Crippen molar-refractivity contribution in [3.8, 4) is 0 Å². The van der Waals surface area contributed by atoms with Crippen LogP contribution in [0.1, 0.15) is 42.1 Å². The van der Waals surface area contributed by atoms with Gasteiger partial charge in [-0.2, -0.15) is 0 Å². The van der Waals surface area contributed by atoms with Crippen LogP contribution in [0.5, 0.6) is 0 Å². The van der Waals surface area contributed by atoms with E-state index in [0.29, 0.717) is 12.6 Å². The van der Waals surface area contributed by atoms with Crippen LogP contribution in [0.4, 0.5) is 0 Å². The molecular formula is C24H26N2O. The molecule has 0 bridgehead atoms. The maximum absolute atomic E-state index is 12.6. The molecule has 3 nitrogen and oxygen atoms in total. The Morgan fingerprint density at radius 3 is 2.67 bits per heavy atom. The fourth-order valence-corrected chi connectivity index (χ4v) is 4.18. The predicted molar refractivity (Wildman–Crippen MR) is 111 cm³/mol. The van der Waals surface area contributed by atoms with E-state index in [1.165, 1.54) is 21.9 Å². The lowest BCUT2D eigenvalue weighted by molar-refractivity contribution is -0.123. The molecule has 3 aromatic carbocycles. The second kappa shape index (κ2) is 7.53. The first-order valence-corrected chi connectivity index (χ1v) is 9.68. The summed E-state index contributed by atoms with van der Waals surface area (Å²) in [6.07, 6.45) is 2.18. The zero-order chi connectivity index (χ0) is 18.8. The number of carbonyl (C=O) groups excluding carboxylic acids is 1. The van der Waals surface area contributed by atoms with Crippen molar-refractivity contribution in [3.63, 3.8) is 0 Å². The minimum absolute atomic E-state index is 0.00799. The van der Waals surface area contributed by atoms with Crippen LogP contribution in [-0.2, 0) is 11.2 Å². The summed E-state index contributed by atoms with van der Waals surface area (Å²) in [6, 6.07) is 23.6. The summed E-state index contributed by atoms with van der Waals surface area (Å²) in [5.41, 5.74) is 3.92. The Morgan fingerprint density at radius 2 is 1.81 bits per heavy atom. The third-order valence-electron chi connectivity index (χ3n) is 5.68. The Kier molecular flexibility index (Phi) is 4.95. The number of amides is 1. The van der Waals surface area contributed by atoms with Crippen molar-refractivity contribution in [2.45, 2.75) is 31.8 Å². The summed E-state index contributed by atoms with van der Waals surface area (Å²) in [5.74, 6) is 0.0718. The molecule has 138 valence electrons. The molecule has 0 saturated carbocycles. The second-order valence-electron chi connectivity index (χ2n) is 7.56. The first-order chi connectivity index (χ1) is 13.1. The van der Waals surface area contributed by atoms with Crippen molar-refractivity contribution in [1.82, 2.24) is 10.2 Å². The average molecular weight is 358 g/mol. The lowest BCUT2D eigenvalue weighted by Crippen LogP contribution is -2.37. The lowest BCUT2D eigenvalue weighted by Gasteiger charge is -2.25. The molecule has 1 amide bonds. The molecule has 0 radical (unpaired) electrons. The molecule has 4 rings (SSSR count). The number of hydrogen-bond donors (Lipinski definition) is 1. The maximum Gasteiger partial charge on any atom is 0.234 e. The third kappa shape index (κ3) is 3.74. The average Bonchev–Trinajstić information content (AvgIpc) is 3.11. The molecule has 0 spiro atoms. The summed E-state index contributed by atoms with van der Waals surface area (Å²) < 4.78 is 0. The minimum atomic E-state index is -0.00799. The van der Waals surface area contributed by atoms with Crippen molar-refractivity contribution >= 4 is 16.7 Å². The van der Waals surface area contributed by atoms with Gasteiger partial charge >= 0.3 is 0 Å². The van der Waals surface area contributed by atoms with Gasteiger partial charge in [0, 0.05) is 6.04 Å². The third-order valence-corrected chi connectivity index (χ3v) is 5.68. The van der Waals surface area contributed by atoms with Gasteiger partial charge in [0.2, 0.25) is 5.91 Å². The van der Waals surface area contributed by atoms with Crippen LogP contribution in [0.2, 0.25) is 0 Å². The molecule has 1 N–H and O–H groups in total. The zero-order valence-electron chi connectivity index (χ0n) is 16.0. The highest BCUT2D eigenvalue weighted by Gasteiger charge is 2.26. The summed E-state index contributed by atoms with van der Waals surface area (Å²) >= 11 is 0. The van der Waals surface area contributed by atoms with Gasteiger partial charge < -0.3 is 5.32 Å². The molecule has 0 heterocycles. The predicted octanol–water partition coefficient (Wildman–Crippen LogP) is 4.64. The van der Waals surface area contributed by atoms with E-state index >= 15 is 0 Å². The number of benzene rings is 3. The van der Waals surface area contributed by atoms with Gasteiger partial charge in [0.1, 0.15) is 0 Å². The van der Waals surface area contributed by atoms with Gasteiger partial charge in [-0.1, -0.05) is 60.7 Å². The topological polar surface area (TPSA) is 32.3 Å². The van der Waals surface area contributed by atoms with Gasteiger partial charge in [0.25, 0.3) is 0 Å². The van der Waals surface area contributed by atoms with E-state index < -0.39 is 0 Å². The first kappa shape index (κ1) is 17.7. The van der Waals surface area contributed by atoms with Crippen LogP contribution in [0.25, 0.3) is 10.8 Å². The Hall–Kier alpha value is -2.65. The first-order valence-electron chi connectivity index (χ1n) is 9.68. The van der Waals surface area contributed by atoms with Crippen LogP contribution in [0, 0.1) is 0 Å². The van der Waals surface area contributed by atoms with E-state index in [-0.39, 0.29) is 11.9 Å². The molecule has 1 aliphatic rings. The van der Waals surface area contributed by atoms with E-state index in [9.17, 15) is 4.79 Å². The number of fused-ring (bicyclic) bond motifs is 2. The fraction of sp³-hybridized carbons (Fsp3) is 0.292. The monoisotopic (exact) mass is 358 g/mol. The van der Waals surface area contributed by atoms with E-state index in [1.54, 1.807) is 0 Å². The second-order valence-corrected chi connectivity index (χ2v) is 7.56. The number of rotatable bonds is 5. The molecule has 0 aliphatic heterocycles. The molecule has 3 heteroatoms. The van der Waals surface area contributed by atoms with Gasteiger partial charge in [0.15, 0.2) is 0 Å². The molecular weight excluding hydrogens is 332 g/mol. The van der Waals surface area contributed by atoms with E-state index in [0.717, 1.165) is 18.4 Å². The number of aryl methyl sites for hydroxylation is 1.